The average molecular weight is 393 g/mol. The van der Waals surface area contributed by atoms with Crippen molar-refractivity contribution < 1.29 is 14.3 Å². The van der Waals surface area contributed by atoms with Gasteiger partial charge in [-0.2, -0.15) is 0 Å². The van der Waals surface area contributed by atoms with E-state index in [1.165, 1.54) is 0 Å². The largest absolute Gasteiger partial charge is 0.496 e. The molecule has 0 heterocycles. The maximum Gasteiger partial charge on any atom is 0.319 e. The highest BCUT2D eigenvalue weighted by molar-refractivity contribution is 9.10. The molecule has 0 atom stereocenters. The number of ether oxygens (including phenoxy) is 2. The Hall–Kier alpha value is -2.21. The summed E-state index contributed by atoms with van der Waals surface area (Å²) in [4.78, 5) is 12.0. The lowest BCUT2D eigenvalue weighted by atomic mass is 10.1. The highest BCUT2D eigenvalue weighted by atomic mass is 79.9. The van der Waals surface area contributed by atoms with Crippen LogP contribution in [0.25, 0.3) is 0 Å². The summed E-state index contributed by atoms with van der Waals surface area (Å²) < 4.78 is 11.4. The van der Waals surface area contributed by atoms with Gasteiger partial charge >= 0.3 is 6.03 Å². The van der Waals surface area contributed by atoms with Gasteiger partial charge < -0.3 is 20.1 Å². The molecule has 0 aromatic heterocycles. The van der Waals surface area contributed by atoms with Gasteiger partial charge in [0.25, 0.3) is 0 Å². The summed E-state index contributed by atoms with van der Waals surface area (Å²) in [6.45, 7) is 2.49. The fourth-order valence-electron chi connectivity index (χ4n) is 2.27. The van der Waals surface area contributed by atoms with Gasteiger partial charge in [0, 0.05) is 6.54 Å². The van der Waals surface area contributed by atoms with Crippen LogP contribution in [0.5, 0.6) is 11.5 Å². The van der Waals surface area contributed by atoms with Gasteiger partial charge in [-0.05, 0) is 64.7 Å². The quantitative estimate of drug-likeness (QED) is 0.776. The molecule has 2 N–H and O–H groups in total. The number of benzene rings is 2. The van der Waals surface area contributed by atoms with Gasteiger partial charge in [-0.15, -0.1) is 0 Å². The first-order valence-corrected chi connectivity index (χ1v) is 8.34. The van der Waals surface area contributed by atoms with Crippen molar-refractivity contribution >= 4 is 27.6 Å². The number of carbonyl (C=O) groups is 1. The average Bonchev–Trinajstić information content (AvgIpc) is 2.55. The molecule has 0 aliphatic rings. The van der Waals surface area contributed by atoms with Crippen LogP contribution in [0.4, 0.5) is 10.5 Å². The van der Waals surface area contributed by atoms with Crippen LogP contribution < -0.4 is 20.1 Å². The molecule has 5 nitrogen and oxygen atoms in total. The molecule has 0 aliphatic carbocycles. The van der Waals surface area contributed by atoms with Gasteiger partial charge in [-0.3, -0.25) is 0 Å². The Morgan fingerprint density at radius 2 is 1.79 bits per heavy atom. The lowest BCUT2D eigenvalue weighted by Gasteiger charge is -2.12. The van der Waals surface area contributed by atoms with E-state index in [4.69, 9.17) is 9.47 Å². The third-order valence-corrected chi connectivity index (χ3v) is 4.14. The lowest BCUT2D eigenvalue weighted by molar-refractivity contribution is 0.252. The van der Waals surface area contributed by atoms with Crippen molar-refractivity contribution in [3.8, 4) is 11.5 Å². The summed E-state index contributed by atoms with van der Waals surface area (Å²) in [6, 6.07) is 11.3. The fourth-order valence-corrected chi connectivity index (χ4v) is 2.86. The van der Waals surface area contributed by atoms with Gasteiger partial charge in [0.05, 0.1) is 24.4 Å². The van der Waals surface area contributed by atoms with Crippen molar-refractivity contribution in [1.82, 2.24) is 5.32 Å². The van der Waals surface area contributed by atoms with Crippen LogP contribution in [0.3, 0.4) is 0 Å². The van der Waals surface area contributed by atoms with Gasteiger partial charge in [-0.25, -0.2) is 4.79 Å². The maximum atomic E-state index is 12.0. The zero-order chi connectivity index (χ0) is 17.5. The Kier molecular flexibility index (Phi) is 6.49. The second kappa shape index (κ2) is 8.59. The topological polar surface area (TPSA) is 59.6 Å². The van der Waals surface area contributed by atoms with Crippen molar-refractivity contribution in [1.29, 1.82) is 0 Å². The van der Waals surface area contributed by atoms with E-state index in [0.717, 1.165) is 27.8 Å². The summed E-state index contributed by atoms with van der Waals surface area (Å²) in [6.07, 6.45) is 0.723. The molecule has 2 rings (SSSR count). The predicted molar refractivity (Wildman–Crippen MR) is 99.2 cm³/mol. The number of urea groups is 1. The Balaban J connectivity index is 1.88. The number of hydrogen-bond acceptors (Lipinski definition) is 3. The van der Waals surface area contributed by atoms with Crippen molar-refractivity contribution in [2.24, 2.45) is 0 Å². The smallest absolute Gasteiger partial charge is 0.319 e. The maximum absolute atomic E-state index is 12.0. The van der Waals surface area contributed by atoms with Gasteiger partial charge in [0.2, 0.25) is 0 Å². The van der Waals surface area contributed by atoms with E-state index in [2.05, 4.69) is 26.6 Å². The minimum atomic E-state index is -0.258. The third-order valence-electron chi connectivity index (χ3n) is 3.52. The molecule has 0 saturated carbocycles. The zero-order valence-corrected chi connectivity index (χ0v) is 15.6. The molecule has 128 valence electrons. The first kappa shape index (κ1) is 18.1. The highest BCUT2D eigenvalue weighted by Crippen LogP contribution is 2.26. The molecule has 2 aromatic carbocycles. The van der Waals surface area contributed by atoms with Crippen LogP contribution in [0.1, 0.15) is 11.1 Å². The van der Waals surface area contributed by atoms with Crippen LogP contribution in [0, 0.1) is 6.92 Å². The Morgan fingerprint density at radius 3 is 2.46 bits per heavy atom. The first-order valence-electron chi connectivity index (χ1n) is 7.55. The predicted octanol–water partition coefficient (Wildman–Crippen LogP) is 4.14. The number of amides is 2. The third kappa shape index (κ3) is 4.89. The molecule has 6 heteroatoms. The number of aryl methyl sites for hydroxylation is 1. The summed E-state index contributed by atoms with van der Waals surface area (Å²) in [5, 5.41) is 5.66. The second-order valence-corrected chi connectivity index (χ2v) is 6.16. The van der Waals surface area contributed by atoms with Crippen LogP contribution in [0.15, 0.2) is 40.9 Å². The molecule has 0 fully saturated rings. The van der Waals surface area contributed by atoms with Gasteiger partial charge in [0.1, 0.15) is 11.5 Å². The Labute approximate surface area is 150 Å². The molecule has 0 aliphatic heterocycles. The summed E-state index contributed by atoms with van der Waals surface area (Å²) in [7, 11) is 3.21. The molecule has 0 spiro atoms. The SMILES string of the molecule is COc1ccc(CCNC(=O)Nc2cc(C)ccc2OC)cc1Br. The number of hydrogen-bond donors (Lipinski definition) is 2. The van der Waals surface area contributed by atoms with E-state index in [0.29, 0.717) is 18.0 Å². The van der Waals surface area contributed by atoms with Crippen LogP contribution >= 0.6 is 15.9 Å². The normalized spacial score (nSPS) is 10.2. The number of nitrogens with one attached hydrogen (secondary N) is 2. The number of rotatable bonds is 6. The monoisotopic (exact) mass is 392 g/mol. The zero-order valence-electron chi connectivity index (χ0n) is 14.0. The second-order valence-electron chi connectivity index (χ2n) is 5.30. The first-order chi connectivity index (χ1) is 11.5. The molecular formula is C18H21BrN2O3. The van der Waals surface area contributed by atoms with Crippen LogP contribution in [-0.2, 0) is 6.42 Å². The van der Waals surface area contributed by atoms with Gasteiger partial charge in [-0.1, -0.05) is 12.1 Å². The van der Waals surface area contributed by atoms with E-state index in [1.54, 1.807) is 14.2 Å². The Bertz CT molecular complexity index is 719. The summed E-state index contributed by atoms with van der Waals surface area (Å²) in [5.74, 6) is 1.42. The minimum absolute atomic E-state index is 0.258. The molecule has 0 radical (unpaired) electrons. The number of methoxy groups -OCH3 is 2. The number of halogens is 1. The molecule has 0 bridgehead atoms. The van der Waals surface area contributed by atoms with Crippen LogP contribution in [-0.4, -0.2) is 26.8 Å². The Morgan fingerprint density at radius 1 is 1.08 bits per heavy atom. The van der Waals surface area contributed by atoms with E-state index in [1.807, 2.05) is 43.3 Å². The number of anilines is 1. The van der Waals surface area contributed by atoms with Crippen molar-refractivity contribution in [2.75, 3.05) is 26.1 Å². The minimum Gasteiger partial charge on any atom is -0.496 e. The van der Waals surface area contributed by atoms with E-state index in [-0.39, 0.29) is 6.03 Å². The highest BCUT2D eigenvalue weighted by Gasteiger charge is 2.08. The molecule has 0 saturated heterocycles. The van der Waals surface area contributed by atoms with E-state index < -0.39 is 0 Å². The van der Waals surface area contributed by atoms with Crippen molar-refractivity contribution in [3.05, 3.63) is 52.0 Å². The number of carbonyl (C=O) groups excluding carboxylic acids is 1. The van der Waals surface area contributed by atoms with Gasteiger partial charge in [0.15, 0.2) is 0 Å². The van der Waals surface area contributed by atoms with Crippen molar-refractivity contribution in [2.45, 2.75) is 13.3 Å². The summed E-state index contributed by atoms with van der Waals surface area (Å²) in [5.41, 5.74) is 2.81. The molecule has 24 heavy (non-hydrogen) atoms. The van der Waals surface area contributed by atoms with Crippen LogP contribution in [0.2, 0.25) is 0 Å². The molecule has 0 unspecified atom stereocenters. The standard InChI is InChI=1S/C18H21BrN2O3/c1-12-4-6-17(24-3)15(10-12)21-18(22)20-9-8-13-5-7-16(23-2)14(19)11-13/h4-7,10-11H,8-9H2,1-3H3,(H2,20,21,22). The molecule has 2 amide bonds. The molecular weight excluding hydrogens is 372 g/mol. The van der Waals surface area contributed by atoms with E-state index in [9.17, 15) is 4.79 Å². The lowest BCUT2D eigenvalue weighted by Crippen LogP contribution is -2.30. The van der Waals surface area contributed by atoms with E-state index >= 15 is 0 Å². The van der Waals surface area contributed by atoms with Crippen molar-refractivity contribution in [3.63, 3.8) is 0 Å². The summed E-state index contributed by atoms with van der Waals surface area (Å²) >= 11 is 3.46. The molecule has 2 aromatic rings. The fraction of sp³-hybridized carbons (Fsp3) is 0.278.